The zero-order valence-electron chi connectivity index (χ0n) is 29.3. The van der Waals surface area contributed by atoms with Crippen molar-refractivity contribution in [2.24, 2.45) is 5.92 Å². The number of alkyl carbamates (subject to hydrolysis) is 1. The van der Waals surface area contributed by atoms with Crippen LogP contribution in [0.4, 0.5) is 18.0 Å². The highest BCUT2D eigenvalue weighted by molar-refractivity contribution is 6.22. The summed E-state index contributed by atoms with van der Waals surface area (Å²) in [5.74, 6) is -3.50. The molecule has 3 amide bonds. The van der Waals surface area contributed by atoms with Gasteiger partial charge in [0.2, 0.25) is 11.8 Å². The van der Waals surface area contributed by atoms with Gasteiger partial charge >= 0.3 is 18.2 Å². The molecule has 1 saturated carbocycles. The van der Waals surface area contributed by atoms with Gasteiger partial charge in [-0.1, -0.05) is 25.0 Å². The van der Waals surface area contributed by atoms with Crippen molar-refractivity contribution in [2.45, 2.75) is 113 Å². The highest BCUT2D eigenvalue weighted by atomic mass is 35.5. The van der Waals surface area contributed by atoms with Crippen molar-refractivity contribution >= 4 is 46.4 Å². The van der Waals surface area contributed by atoms with E-state index in [-0.39, 0.29) is 48.7 Å². The van der Waals surface area contributed by atoms with Crippen LogP contribution in [0.2, 0.25) is 0 Å². The summed E-state index contributed by atoms with van der Waals surface area (Å²) in [6.07, 6.45) is 0.300. The fourth-order valence-electron chi connectivity index (χ4n) is 7.53. The maximum absolute atomic E-state index is 14.6. The summed E-state index contributed by atoms with van der Waals surface area (Å²) in [5, 5.41) is 14.7. The molecule has 282 valence electrons. The fourth-order valence-corrected chi connectivity index (χ4v) is 8.02. The molecule has 2 aromatic rings. The lowest BCUT2D eigenvalue weighted by molar-refractivity contribution is -0.146. The summed E-state index contributed by atoms with van der Waals surface area (Å²) >= 11 is 6.97. The van der Waals surface area contributed by atoms with Gasteiger partial charge in [-0.05, 0) is 64.7 Å². The van der Waals surface area contributed by atoms with Crippen LogP contribution in [0.15, 0.2) is 30.4 Å². The molecule has 3 N–H and O–H groups in total. The monoisotopic (exact) mass is 750 g/mol. The topological polar surface area (TPSA) is 156 Å². The Bertz CT molecular complexity index is 1820. The minimum absolute atomic E-state index is 0.0220. The molecule has 1 aliphatic carbocycles. The standard InChI is InChI=1S/C36H42ClF3N4O8/c1-33(2,3)52-32(49)42-24-11-9-7-5-6-8-10-19-15-35(19,31(47)48)43-29(45)25-17-34(18-44(25)30(24)46)16-22(37)26-21-14-20(50-4)12-13-23(21)41-28(27(26)51-34)36(38,39)40/h8,10,12-14,19,22,24-25H,5-7,9,11,15-18H2,1-4H3,(H,42,49)(H,43,45)(H,47,48)/t19-,22?,24+,25+,34-,35-/m1/s1. The van der Waals surface area contributed by atoms with Crippen molar-refractivity contribution in [3.8, 4) is 11.5 Å². The maximum Gasteiger partial charge on any atom is 0.437 e. The molecule has 1 saturated heterocycles. The molecule has 0 bridgehead atoms. The van der Waals surface area contributed by atoms with E-state index in [9.17, 15) is 37.5 Å². The summed E-state index contributed by atoms with van der Waals surface area (Å²) in [6.45, 7) is 4.61. The van der Waals surface area contributed by atoms with Crippen LogP contribution >= 0.6 is 11.6 Å². The minimum atomic E-state index is -4.96. The molecule has 4 heterocycles. The minimum Gasteiger partial charge on any atom is -0.497 e. The van der Waals surface area contributed by atoms with E-state index in [1.807, 2.05) is 6.08 Å². The van der Waals surface area contributed by atoms with Crippen molar-refractivity contribution in [1.29, 1.82) is 0 Å². The summed E-state index contributed by atoms with van der Waals surface area (Å²) in [6, 6.07) is 1.84. The Morgan fingerprint density at radius 1 is 1.13 bits per heavy atom. The first kappa shape index (κ1) is 37.5. The van der Waals surface area contributed by atoms with E-state index in [1.165, 1.54) is 30.2 Å². The van der Waals surface area contributed by atoms with Crippen LogP contribution in [0.1, 0.15) is 88.8 Å². The number of hydrogen-bond acceptors (Lipinski definition) is 8. The number of alkyl halides is 4. The second-order valence-corrected chi connectivity index (χ2v) is 15.6. The molecule has 16 heteroatoms. The lowest BCUT2D eigenvalue weighted by Gasteiger charge is -2.39. The zero-order chi connectivity index (χ0) is 37.8. The Kier molecular flexibility index (Phi) is 9.81. The number of carbonyl (C=O) groups is 4. The van der Waals surface area contributed by atoms with E-state index in [0.29, 0.717) is 25.0 Å². The number of nitrogens with zero attached hydrogens (tertiary/aromatic N) is 2. The number of carboxylic acid groups (broad SMARTS) is 1. The number of aromatic nitrogens is 1. The summed E-state index contributed by atoms with van der Waals surface area (Å²) in [5.41, 5.74) is -5.37. The number of halogens is 4. The average Bonchev–Trinajstić information content (AvgIpc) is 3.63. The number of pyridine rings is 1. The Morgan fingerprint density at radius 2 is 1.88 bits per heavy atom. The average molecular weight is 751 g/mol. The number of carbonyl (C=O) groups excluding carboxylic acids is 3. The molecule has 0 radical (unpaired) electrons. The Hall–Kier alpha value is -4.27. The van der Waals surface area contributed by atoms with E-state index in [0.717, 1.165) is 6.42 Å². The number of benzene rings is 1. The Balaban J connectivity index is 1.42. The summed E-state index contributed by atoms with van der Waals surface area (Å²) in [7, 11) is 1.41. The second kappa shape index (κ2) is 13.6. The van der Waals surface area contributed by atoms with Crippen molar-refractivity contribution in [3.63, 3.8) is 0 Å². The molecule has 6 atom stereocenters. The molecule has 2 fully saturated rings. The van der Waals surface area contributed by atoms with E-state index < -0.39 is 81.6 Å². The third-order valence-corrected chi connectivity index (χ3v) is 10.5. The third-order valence-electron chi connectivity index (χ3n) is 10.1. The van der Waals surface area contributed by atoms with Crippen LogP contribution in [0.3, 0.4) is 0 Å². The number of carboxylic acids is 1. The Morgan fingerprint density at radius 3 is 2.56 bits per heavy atom. The van der Waals surface area contributed by atoms with E-state index in [1.54, 1.807) is 26.8 Å². The number of fused-ring (bicyclic) bond motifs is 5. The van der Waals surface area contributed by atoms with Crippen molar-refractivity contribution < 1.29 is 51.7 Å². The molecule has 52 heavy (non-hydrogen) atoms. The molecule has 1 aromatic carbocycles. The van der Waals surface area contributed by atoms with Gasteiger partial charge in [0.1, 0.15) is 34.6 Å². The van der Waals surface area contributed by atoms with Crippen LogP contribution < -0.4 is 20.1 Å². The molecule has 1 aromatic heterocycles. The van der Waals surface area contributed by atoms with Gasteiger partial charge in [0, 0.05) is 29.7 Å². The van der Waals surface area contributed by atoms with Crippen LogP contribution in [-0.2, 0) is 25.3 Å². The van der Waals surface area contributed by atoms with Gasteiger partial charge in [-0.2, -0.15) is 13.2 Å². The lowest BCUT2D eigenvalue weighted by Crippen LogP contribution is -2.56. The first-order valence-corrected chi connectivity index (χ1v) is 17.7. The highest BCUT2D eigenvalue weighted by Crippen LogP contribution is 2.54. The molecular formula is C36H42ClF3N4O8. The number of hydrogen-bond donors (Lipinski definition) is 3. The summed E-state index contributed by atoms with van der Waals surface area (Å²) in [4.78, 5) is 59.2. The number of nitrogens with one attached hydrogen (secondary N) is 2. The molecule has 1 unspecified atom stereocenters. The number of ether oxygens (including phenoxy) is 3. The van der Waals surface area contributed by atoms with Crippen molar-refractivity contribution in [3.05, 3.63) is 41.6 Å². The van der Waals surface area contributed by atoms with Crippen LogP contribution in [-0.4, -0.2) is 81.3 Å². The van der Waals surface area contributed by atoms with Crippen LogP contribution in [0.25, 0.3) is 10.9 Å². The zero-order valence-corrected chi connectivity index (χ0v) is 30.0. The normalized spacial score (nSPS) is 29.5. The number of aliphatic carboxylic acids is 1. The van der Waals surface area contributed by atoms with E-state index >= 15 is 0 Å². The number of allylic oxidation sites excluding steroid dienone is 1. The van der Waals surface area contributed by atoms with Crippen molar-refractivity contribution in [1.82, 2.24) is 20.5 Å². The predicted octanol–water partition coefficient (Wildman–Crippen LogP) is 6.04. The number of methoxy groups -OCH3 is 1. The van der Waals surface area contributed by atoms with Gasteiger partial charge in [0.25, 0.3) is 0 Å². The van der Waals surface area contributed by atoms with E-state index in [2.05, 4.69) is 15.6 Å². The second-order valence-electron chi connectivity index (χ2n) is 15.1. The molecule has 6 rings (SSSR count). The van der Waals surface area contributed by atoms with Gasteiger partial charge in [0.15, 0.2) is 11.4 Å². The van der Waals surface area contributed by atoms with Gasteiger partial charge in [0.05, 0.1) is 24.5 Å². The third kappa shape index (κ3) is 7.33. The molecule has 1 spiro atoms. The fraction of sp³-hybridized carbons (Fsp3) is 0.583. The van der Waals surface area contributed by atoms with E-state index in [4.69, 9.17) is 25.8 Å². The molecule has 12 nitrogen and oxygen atoms in total. The number of rotatable bonds is 3. The first-order valence-electron chi connectivity index (χ1n) is 17.3. The van der Waals surface area contributed by atoms with Gasteiger partial charge in [-0.3, -0.25) is 9.59 Å². The smallest absolute Gasteiger partial charge is 0.437 e. The SMILES string of the molecule is COc1ccc2nc(C(F)(F)F)c3c(c2c1)C(Cl)C[C@]1(C[C@H]2C(=O)N[C@]4(C(=O)O)C[C@H]4C=CCCCCC[C@H](NC(=O)OC(C)(C)C)C(=O)N2C1)O3. The predicted molar refractivity (Wildman–Crippen MR) is 182 cm³/mol. The largest absolute Gasteiger partial charge is 0.497 e. The molecule has 4 aliphatic rings. The maximum atomic E-state index is 14.6. The molecular weight excluding hydrogens is 709 g/mol. The Labute approximate surface area is 303 Å². The lowest BCUT2D eigenvalue weighted by atomic mass is 9.86. The first-order chi connectivity index (χ1) is 24.4. The van der Waals surface area contributed by atoms with Crippen molar-refractivity contribution in [2.75, 3.05) is 13.7 Å². The van der Waals surface area contributed by atoms with Crippen LogP contribution in [0, 0.1) is 5.92 Å². The highest BCUT2D eigenvalue weighted by Gasteiger charge is 2.63. The van der Waals surface area contributed by atoms with Gasteiger partial charge in [-0.15, -0.1) is 11.6 Å². The molecule has 3 aliphatic heterocycles. The van der Waals surface area contributed by atoms with Crippen LogP contribution in [0.5, 0.6) is 11.5 Å². The van der Waals surface area contributed by atoms with Gasteiger partial charge in [-0.25, -0.2) is 14.6 Å². The van der Waals surface area contributed by atoms with Gasteiger partial charge < -0.3 is 34.9 Å². The quantitative estimate of drug-likeness (QED) is 0.252. The number of amides is 3. The summed E-state index contributed by atoms with van der Waals surface area (Å²) < 4.78 is 61.0.